The second-order valence-corrected chi connectivity index (χ2v) is 6.60. The molecule has 0 fully saturated rings. The first-order valence-corrected chi connectivity index (χ1v) is 8.99. The number of hydrogen-bond acceptors (Lipinski definition) is 3. The van der Waals surface area contributed by atoms with Gasteiger partial charge in [-0.25, -0.2) is 9.37 Å². The van der Waals surface area contributed by atoms with Crippen molar-refractivity contribution in [2.75, 3.05) is 0 Å². The van der Waals surface area contributed by atoms with E-state index in [4.69, 9.17) is 9.51 Å². The molecule has 0 unspecified atom stereocenters. The normalized spacial score (nSPS) is 11.2. The first-order valence-electron chi connectivity index (χ1n) is 8.99. The zero-order valence-corrected chi connectivity index (χ0v) is 14.9. The van der Waals surface area contributed by atoms with Crippen molar-refractivity contribution in [1.82, 2.24) is 14.7 Å². The van der Waals surface area contributed by atoms with Gasteiger partial charge in [-0.1, -0.05) is 53.7 Å². The van der Waals surface area contributed by atoms with E-state index >= 15 is 0 Å². The first-order chi connectivity index (χ1) is 13.8. The lowest BCUT2D eigenvalue weighted by Crippen LogP contribution is -2.02. The Morgan fingerprint density at radius 1 is 0.821 bits per heavy atom. The van der Waals surface area contributed by atoms with Gasteiger partial charge < -0.3 is 9.09 Å². The Kier molecular flexibility index (Phi) is 3.98. The third-order valence-corrected chi connectivity index (χ3v) is 4.79. The van der Waals surface area contributed by atoms with Gasteiger partial charge in [0.15, 0.2) is 0 Å². The monoisotopic (exact) mass is 369 g/mol. The van der Waals surface area contributed by atoms with Gasteiger partial charge in [0.05, 0.1) is 11.0 Å². The summed E-state index contributed by atoms with van der Waals surface area (Å²) in [6.45, 7) is 0.612. The molecule has 0 aliphatic rings. The number of imidazole rings is 1. The van der Waals surface area contributed by atoms with Crippen LogP contribution in [-0.2, 0) is 6.54 Å². The van der Waals surface area contributed by atoms with Crippen molar-refractivity contribution in [2.24, 2.45) is 0 Å². The fourth-order valence-corrected chi connectivity index (χ4v) is 3.38. The molecule has 0 saturated heterocycles. The van der Waals surface area contributed by atoms with Crippen LogP contribution in [0.2, 0.25) is 0 Å². The van der Waals surface area contributed by atoms with E-state index in [2.05, 4.69) is 15.8 Å². The van der Waals surface area contributed by atoms with E-state index in [1.54, 1.807) is 6.26 Å². The molecule has 0 amide bonds. The van der Waals surface area contributed by atoms with Crippen LogP contribution in [0.3, 0.4) is 0 Å². The highest BCUT2D eigenvalue weighted by atomic mass is 19.1. The summed E-state index contributed by atoms with van der Waals surface area (Å²) in [6, 6.07) is 24.5. The van der Waals surface area contributed by atoms with Crippen LogP contribution in [0.25, 0.3) is 33.7 Å². The van der Waals surface area contributed by atoms with Crippen LogP contribution < -0.4 is 0 Å². The highest BCUT2D eigenvalue weighted by Crippen LogP contribution is 2.28. The number of aromatic nitrogens is 3. The average molecular weight is 369 g/mol. The number of nitrogens with zero attached hydrogens (tertiary/aromatic N) is 3. The van der Waals surface area contributed by atoms with Gasteiger partial charge in [0.1, 0.15) is 23.6 Å². The SMILES string of the molecule is Fc1ccc(Cn2c(-c3ccc(-c4ccon4)cc3)nc3ccccc32)cc1. The lowest BCUT2D eigenvalue weighted by molar-refractivity contribution is 0.422. The van der Waals surface area contributed by atoms with Crippen LogP contribution in [-0.4, -0.2) is 14.7 Å². The molecule has 2 aromatic heterocycles. The number of para-hydroxylation sites is 2. The van der Waals surface area contributed by atoms with E-state index in [9.17, 15) is 4.39 Å². The molecule has 0 N–H and O–H groups in total. The maximum Gasteiger partial charge on any atom is 0.141 e. The van der Waals surface area contributed by atoms with E-state index < -0.39 is 0 Å². The molecule has 2 heterocycles. The highest BCUT2D eigenvalue weighted by molar-refractivity contribution is 5.81. The van der Waals surface area contributed by atoms with Crippen LogP contribution in [0.1, 0.15) is 5.56 Å². The Balaban J connectivity index is 1.59. The third-order valence-electron chi connectivity index (χ3n) is 4.79. The highest BCUT2D eigenvalue weighted by Gasteiger charge is 2.13. The minimum atomic E-state index is -0.233. The van der Waals surface area contributed by atoms with Crippen LogP contribution in [0, 0.1) is 5.82 Å². The second-order valence-electron chi connectivity index (χ2n) is 6.60. The summed E-state index contributed by atoms with van der Waals surface area (Å²) in [4.78, 5) is 4.84. The summed E-state index contributed by atoms with van der Waals surface area (Å²) < 4.78 is 20.4. The molecular formula is C23H16FN3O. The van der Waals surface area contributed by atoms with Gasteiger partial charge in [-0.3, -0.25) is 0 Å². The van der Waals surface area contributed by atoms with Crippen LogP contribution in [0.4, 0.5) is 4.39 Å². The number of halogens is 1. The maximum atomic E-state index is 13.3. The van der Waals surface area contributed by atoms with Crippen LogP contribution >= 0.6 is 0 Å². The Bertz CT molecular complexity index is 1220. The first kappa shape index (κ1) is 16.4. The molecule has 0 radical (unpaired) electrons. The Labute approximate surface area is 160 Å². The van der Waals surface area contributed by atoms with E-state index in [-0.39, 0.29) is 5.82 Å². The summed E-state index contributed by atoms with van der Waals surface area (Å²) in [7, 11) is 0. The quantitative estimate of drug-likeness (QED) is 0.417. The molecule has 5 rings (SSSR count). The van der Waals surface area contributed by atoms with E-state index in [1.807, 2.05) is 60.7 Å². The van der Waals surface area contributed by atoms with Crippen LogP contribution in [0.5, 0.6) is 0 Å². The summed E-state index contributed by atoms with van der Waals surface area (Å²) in [5, 5.41) is 3.98. The molecule has 0 saturated carbocycles. The van der Waals surface area contributed by atoms with Crippen molar-refractivity contribution in [3.63, 3.8) is 0 Å². The molecule has 0 atom stereocenters. The predicted octanol–water partition coefficient (Wildman–Crippen LogP) is 5.55. The largest absolute Gasteiger partial charge is 0.364 e. The topological polar surface area (TPSA) is 43.9 Å². The van der Waals surface area contributed by atoms with Crippen molar-refractivity contribution in [1.29, 1.82) is 0 Å². The van der Waals surface area contributed by atoms with Crippen molar-refractivity contribution >= 4 is 11.0 Å². The van der Waals surface area contributed by atoms with Gasteiger partial charge in [0.2, 0.25) is 0 Å². The van der Waals surface area contributed by atoms with E-state index in [0.717, 1.165) is 39.2 Å². The zero-order valence-electron chi connectivity index (χ0n) is 14.9. The van der Waals surface area contributed by atoms with Crippen LogP contribution in [0.15, 0.2) is 89.6 Å². The summed E-state index contributed by atoms with van der Waals surface area (Å²) in [6.07, 6.45) is 1.56. The number of fused-ring (bicyclic) bond motifs is 1. The van der Waals surface area contributed by atoms with Gasteiger partial charge >= 0.3 is 0 Å². The van der Waals surface area contributed by atoms with Gasteiger partial charge in [0.25, 0.3) is 0 Å². The van der Waals surface area contributed by atoms with Crippen molar-refractivity contribution in [2.45, 2.75) is 6.54 Å². The molecular weight excluding hydrogens is 353 g/mol. The standard InChI is InChI=1S/C23H16FN3O/c24-19-11-5-16(6-12-19)15-27-22-4-2-1-3-21(22)25-23(27)18-9-7-17(8-10-18)20-13-14-28-26-20/h1-14H,15H2. The smallest absolute Gasteiger partial charge is 0.141 e. The Morgan fingerprint density at radius 2 is 1.57 bits per heavy atom. The predicted molar refractivity (Wildman–Crippen MR) is 106 cm³/mol. The third kappa shape index (κ3) is 2.97. The zero-order chi connectivity index (χ0) is 18.9. The lowest BCUT2D eigenvalue weighted by Gasteiger charge is -2.10. The summed E-state index contributed by atoms with van der Waals surface area (Å²) in [5.74, 6) is 0.639. The molecule has 136 valence electrons. The van der Waals surface area contributed by atoms with Crippen molar-refractivity contribution in [3.8, 4) is 22.6 Å². The number of rotatable bonds is 4. The lowest BCUT2D eigenvalue weighted by atomic mass is 10.1. The summed E-state index contributed by atoms with van der Waals surface area (Å²) in [5.41, 5.74) is 5.78. The molecule has 3 aromatic carbocycles. The molecule has 28 heavy (non-hydrogen) atoms. The van der Waals surface area contributed by atoms with Gasteiger partial charge in [-0.05, 0) is 29.8 Å². The Hall–Kier alpha value is -3.73. The van der Waals surface area contributed by atoms with Crippen molar-refractivity contribution in [3.05, 3.63) is 96.5 Å². The fraction of sp³-hybridized carbons (Fsp3) is 0.0435. The minimum Gasteiger partial charge on any atom is -0.364 e. The second kappa shape index (κ2) is 6.78. The average Bonchev–Trinajstić information content (AvgIpc) is 3.39. The summed E-state index contributed by atoms with van der Waals surface area (Å²) >= 11 is 0. The number of benzene rings is 3. The molecule has 0 bridgehead atoms. The Morgan fingerprint density at radius 3 is 2.32 bits per heavy atom. The molecule has 5 aromatic rings. The molecule has 4 nitrogen and oxygen atoms in total. The molecule has 0 aliphatic heterocycles. The maximum absolute atomic E-state index is 13.3. The molecule has 0 spiro atoms. The number of hydrogen-bond donors (Lipinski definition) is 0. The van der Waals surface area contributed by atoms with Crippen molar-refractivity contribution < 1.29 is 8.91 Å². The minimum absolute atomic E-state index is 0.233. The van der Waals surface area contributed by atoms with Gasteiger partial charge in [-0.2, -0.15) is 0 Å². The fourth-order valence-electron chi connectivity index (χ4n) is 3.38. The van der Waals surface area contributed by atoms with Gasteiger partial charge in [-0.15, -0.1) is 0 Å². The molecule has 0 aliphatic carbocycles. The van der Waals surface area contributed by atoms with Gasteiger partial charge in [0, 0.05) is 23.7 Å². The van der Waals surface area contributed by atoms with E-state index in [1.165, 1.54) is 12.1 Å². The molecule has 5 heteroatoms. The van der Waals surface area contributed by atoms with E-state index in [0.29, 0.717) is 6.54 Å².